The van der Waals surface area contributed by atoms with E-state index in [-0.39, 0.29) is 21.9 Å². The number of methoxy groups -OCH3 is 1. The number of esters is 1. The number of carbonyl (C=O) groups is 1. The molecule has 158 valence electrons. The Kier molecular flexibility index (Phi) is 5.22. The number of rotatable bonds is 6. The average Bonchev–Trinajstić information content (AvgIpc) is 3.13. The highest BCUT2D eigenvalue weighted by Crippen LogP contribution is 2.28. The van der Waals surface area contributed by atoms with Crippen LogP contribution in [0.4, 0.5) is 5.69 Å². The third-order valence-corrected chi connectivity index (χ3v) is 5.82. The van der Waals surface area contributed by atoms with E-state index in [4.69, 9.17) is 9.47 Å². The van der Waals surface area contributed by atoms with Gasteiger partial charge in [0.2, 0.25) is 0 Å². The second-order valence-electron chi connectivity index (χ2n) is 6.48. The summed E-state index contributed by atoms with van der Waals surface area (Å²) in [5.74, 6) is -0.189. The minimum atomic E-state index is -4.06. The number of nitrogens with one attached hydrogen (secondary N) is 3. The fourth-order valence-corrected chi connectivity index (χ4v) is 4.10. The number of aromatic nitrogens is 2. The van der Waals surface area contributed by atoms with Crippen molar-refractivity contribution >= 4 is 32.7 Å². The second kappa shape index (κ2) is 8.00. The zero-order chi connectivity index (χ0) is 22.0. The number of ether oxygens (including phenoxy) is 2. The van der Waals surface area contributed by atoms with Crippen molar-refractivity contribution in [2.75, 3.05) is 11.8 Å². The summed E-state index contributed by atoms with van der Waals surface area (Å²) in [6.45, 7) is 0. The summed E-state index contributed by atoms with van der Waals surface area (Å²) < 4.78 is 38.8. The van der Waals surface area contributed by atoms with Gasteiger partial charge in [-0.2, -0.15) is 0 Å². The van der Waals surface area contributed by atoms with Crippen LogP contribution in [0.2, 0.25) is 0 Å². The van der Waals surface area contributed by atoms with Gasteiger partial charge in [-0.15, -0.1) is 0 Å². The lowest BCUT2D eigenvalue weighted by Crippen LogP contribution is -2.17. The Hall–Kier alpha value is -4.05. The number of hydrogen-bond donors (Lipinski definition) is 3. The van der Waals surface area contributed by atoms with Crippen molar-refractivity contribution in [1.29, 1.82) is 0 Å². The molecule has 0 unspecified atom stereocenters. The van der Waals surface area contributed by atoms with Gasteiger partial charge in [-0.1, -0.05) is 24.3 Å². The molecule has 4 rings (SSSR count). The van der Waals surface area contributed by atoms with E-state index in [1.807, 2.05) is 0 Å². The fourth-order valence-electron chi connectivity index (χ4n) is 2.99. The molecule has 9 nitrogen and oxygen atoms in total. The van der Waals surface area contributed by atoms with Crippen molar-refractivity contribution in [3.8, 4) is 11.5 Å². The minimum absolute atomic E-state index is 0.0214. The number of sulfonamides is 1. The normalized spacial score (nSPS) is 11.3. The predicted octanol–water partition coefficient (Wildman–Crippen LogP) is 2.88. The highest BCUT2D eigenvalue weighted by atomic mass is 32.2. The van der Waals surface area contributed by atoms with Gasteiger partial charge in [0.05, 0.1) is 34.3 Å². The first-order valence-electron chi connectivity index (χ1n) is 9.06. The maximum Gasteiger partial charge on any atom is 0.345 e. The number of aromatic amines is 2. The lowest BCUT2D eigenvalue weighted by molar-refractivity contribution is 0.0731. The van der Waals surface area contributed by atoms with Gasteiger partial charge < -0.3 is 19.4 Å². The molecular weight excluding hydrogens is 422 g/mol. The maximum atomic E-state index is 12.9. The van der Waals surface area contributed by atoms with E-state index in [2.05, 4.69) is 14.7 Å². The van der Waals surface area contributed by atoms with Crippen LogP contribution in [0.3, 0.4) is 0 Å². The van der Waals surface area contributed by atoms with E-state index in [1.54, 1.807) is 36.4 Å². The molecule has 0 spiro atoms. The molecule has 0 aliphatic heterocycles. The Bertz CT molecular complexity index is 1440. The van der Waals surface area contributed by atoms with Crippen LogP contribution in [0.25, 0.3) is 11.0 Å². The molecule has 0 aliphatic carbocycles. The summed E-state index contributed by atoms with van der Waals surface area (Å²) in [5, 5.41) is 0. The van der Waals surface area contributed by atoms with Gasteiger partial charge in [-0.3, -0.25) is 4.72 Å². The molecule has 0 bridgehead atoms. The van der Waals surface area contributed by atoms with Crippen LogP contribution in [0.15, 0.2) is 76.4 Å². The maximum absolute atomic E-state index is 12.9. The third kappa shape index (κ3) is 4.14. The van der Waals surface area contributed by atoms with Crippen LogP contribution in [-0.4, -0.2) is 31.5 Å². The zero-order valence-corrected chi connectivity index (χ0v) is 17.0. The summed E-state index contributed by atoms with van der Waals surface area (Å²) in [4.78, 5) is 29.1. The number of benzene rings is 3. The summed E-state index contributed by atoms with van der Waals surface area (Å²) in [6.07, 6.45) is 0. The average molecular weight is 439 g/mol. The summed E-state index contributed by atoms with van der Waals surface area (Å²) in [7, 11) is -2.61. The molecule has 0 aliphatic rings. The standard InChI is InChI=1S/C21H17N3O6S/c1-29-18-8-4-5-9-19(18)30-20(25)14-6-2-3-7-15(14)24-31(27,28)13-10-11-16-17(12-13)23-21(26)22-16/h2-12,24H,1H3,(H2,22,23,26). The highest BCUT2D eigenvalue weighted by Gasteiger charge is 2.21. The van der Waals surface area contributed by atoms with Gasteiger partial charge >= 0.3 is 11.7 Å². The first-order valence-corrected chi connectivity index (χ1v) is 10.5. The van der Waals surface area contributed by atoms with Crippen LogP contribution >= 0.6 is 0 Å². The van der Waals surface area contributed by atoms with Crippen molar-refractivity contribution in [2.24, 2.45) is 0 Å². The van der Waals surface area contributed by atoms with Gasteiger partial charge in [0, 0.05) is 0 Å². The Labute approximate surface area is 176 Å². The molecule has 0 saturated carbocycles. The van der Waals surface area contributed by atoms with Crippen molar-refractivity contribution in [3.05, 3.63) is 82.8 Å². The molecule has 31 heavy (non-hydrogen) atoms. The van der Waals surface area contributed by atoms with Crippen molar-refractivity contribution in [1.82, 2.24) is 9.97 Å². The van der Waals surface area contributed by atoms with Gasteiger partial charge in [0.15, 0.2) is 11.5 Å². The van der Waals surface area contributed by atoms with E-state index < -0.39 is 21.7 Å². The number of carbonyl (C=O) groups excluding carboxylic acids is 1. The molecule has 0 radical (unpaired) electrons. The fraction of sp³-hybridized carbons (Fsp3) is 0.0476. The first kappa shape index (κ1) is 20.2. The molecule has 10 heteroatoms. The molecule has 1 heterocycles. The number of anilines is 1. The number of fused-ring (bicyclic) bond motifs is 1. The molecule has 0 fully saturated rings. The van der Waals surface area contributed by atoms with E-state index >= 15 is 0 Å². The van der Waals surface area contributed by atoms with Crippen LogP contribution in [0.1, 0.15) is 10.4 Å². The van der Waals surface area contributed by atoms with Crippen molar-refractivity contribution in [2.45, 2.75) is 4.90 Å². The molecule has 1 aromatic heterocycles. The third-order valence-electron chi connectivity index (χ3n) is 4.46. The monoisotopic (exact) mass is 439 g/mol. The summed E-state index contributed by atoms with van der Waals surface area (Å²) in [6, 6.07) is 16.8. The lowest BCUT2D eigenvalue weighted by Gasteiger charge is -2.13. The van der Waals surface area contributed by atoms with E-state index in [9.17, 15) is 18.0 Å². The zero-order valence-electron chi connectivity index (χ0n) is 16.2. The lowest BCUT2D eigenvalue weighted by atomic mass is 10.2. The Morgan fingerprint density at radius 3 is 2.35 bits per heavy atom. The Morgan fingerprint density at radius 2 is 1.58 bits per heavy atom. The molecule has 0 saturated heterocycles. The molecule has 3 N–H and O–H groups in total. The van der Waals surface area contributed by atoms with Crippen LogP contribution in [-0.2, 0) is 10.0 Å². The topological polar surface area (TPSA) is 130 Å². The number of para-hydroxylation sites is 3. The van der Waals surface area contributed by atoms with E-state index in [0.717, 1.165) is 0 Å². The summed E-state index contributed by atoms with van der Waals surface area (Å²) >= 11 is 0. The van der Waals surface area contributed by atoms with Crippen LogP contribution in [0.5, 0.6) is 11.5 Å². The molecule has 0 amide bonds. The molecule has 0 atom stereocenters. The number of imidazole rings is 1. The van der Waals surface area contributed by atoms with Gasteiger partial charge in [0.1, 0.15) is 0 Å². The summed E-state index contributed by atoms with van der Waals surface area (Å²) in [5.41, 5.74) is 0.446. The molecule has 3 aromatic carbocycles. The van der Waals surface area contributed by atoms with Gasteiger partial charge in [-0.25, -0.2) is 18.0 Å². The van der Waals surface area contributed by atoms with Crippen LogP contribution in [0, 0.1) is 0 Å². The van der Waals surface area contributed by atoms with Gasteiger partial charge in [-0.05, 0) is 42.5 Å². The molecule has 4 aromatic rings. The SMILES string of the molecule is COc1ccccc1OC(=O)c1ccccc1NS(=O)(=O)c1ccc2[nH]c(=O)[nH]c2c1. The van der Waals surface area contributed by atoms with Gasteiger partial charge in [0.25, 0.3) is 10.0 Å². The quantitative estimate of drug-likeness (QED) is 0.313. The first-order chi connectivity index (χ1) is 14.9. The van der Waals surface area contributed by atoms with E-state index in [0.29, 0.717) is 16.8 Å². The minimum Gasteiger partial charge on any atom is -0.493 e. The molecular formula is C21H17N3O6S. The predicted molar refractivity (Wildman–Crippen MR) is 114 cm³/mol. The Balaban J connectivity index is 1.64. The highest BCUT2D eigenvalue weighted by molar-refractivity contribution is 7.92. The largest absolute Gasteiger partial charge is 0.493 e. The number of H-pyrrole nitrogens is 2. The van der Waals surface area contributed by atoms with Crippen molar-refractivity contribution < 1.29 is 22.7 Å². The Morgan fingerprint density at radius 1 is 0.903 bits per heavy atom. The van der Waals surface area contributed by atoms with E-state index in [1.165, 1.54) is 37.4 Å². The smallest absolute Gasteiger partial charge is 0.345 e. The second-order valence-corrected chi connectivity index (χ2v) is 8.16. The van der Waals surface area contributed by atoms with Crippen LogP contribution < -0.4 is 19.9 Å². The van der Waals surface area contributed by atoms with Crippen molar-refractivity contribution in [3.63, 3.8) is 0 Å². The number of hydrogen-bond acceptors (Lipinski definition) is 6.